The van der Waals surface area contributed by atoms with Crippen LogP contribution < -0.4 is 10.6 Å². The Balaban J connectivity index is 1.63. The van der Waals surface area contributed by atoms with Crippen LogP contribution in [0, 0.1) is 5.92 Å². The Kier molecular flexibility index (Phi) is 7.73. The van der Waals surface area contributed by atoms with Crippen molar-refractivity contribution in [2.75, 3.05) is 38.6 Å². The van der Waals surface area contributed by atoms with E-state index in [4.69, 9.17) is 0 Å². The van der Waals surface area contributed by atoms with Crippen LogP contribution in [-0.2, 0) is 4.74 Å². The summed E-state index contributed by atoms with van der Waals surface area (Å²) in [5.74, 6) is 0.384. The van der Waals surface area contributed by atoms with Gasteiger partial charge in [-0.05, 0) is 62.9 Å². The first kappa shape index (κ1) is 19.2. The van der Waals surface area contributed by atoms with Crippen molar-refractivity contribution in [3.05, 3.63) is 29.8 Å². The molecule has 6 nitrogen and oxygen atoms in total. The van der Waals surface area contributed by atoms with Crippen molar-refractivity contribution in [2.45, 2.75) is 32.6 Å². The number of nitrogens with zero attached hydrogens (tertiary/aromatic N) is 1. The summed E-state index contributed by atoms with van der Waals surface area (Å²) in [5, 5.41) is 5.59. The second kappa shape index (κ2) is 10.0. The van der Waals surface area contributed by atoms with Crippen molar-refractivity contribution in [1.29, 1.82) is 0 Å². The number of piperidine rings is 1. The maximum absolute atomic E-state index is 11.9. The minimum Gasteiger partial charge on any atom is -0.465 e. The standard InChI is InChI=1S/C19H29N3O3/c1-15-7-6-12-22(14-15)11-4-3-10-20-19(24)21-17-9-5-8-16(13-17)18(23)25-2/h5,8-9,13,15H,3-4,6-7,10-12,14H2,1-2H3,(H2,20,21,24)/t15-/m0/s1. The number of amides is 2. The molecule has 1 fully saturated rings. The maximum Gasteiger partial charge on any atom is 0.337 e. The molecule has 0 saturated carbocycles. The first-order valence-corrected chi connectivity index (χ1v) is 9.04. The van der Waals surface area contributed by atoms with Gasteiger partial charge in [0.15, 0.2) is 0 Å². The highest BCUT2D eigenvalue weighted by atomic mass is 16.5. The molecule has 2 N–H and O–H groups in total. The smallest absolute Gasteiger partial charge is 0.337 e. The first-order chi connectivity index (χ1) is 12.1. The molecule has 1 aliphatic heterocycles. The lowest BCUT2D eigenvalue weighted by Crippen LogP contribution is -2.35. The number of rotatable bonds is 7. The number of carbonyl (C=O) groups is 2. The van der Waals surface area contributed by atoms with Crippen LogP contribution in [0.3, 0.4) is 0 Å². The van der Waals surface area contributed by atoms with E-state index in [1.807, 2.05) is 0 Å². The molecule has 1 heterocycles. The van der Waals surface area contributed by atoms with E-state index in [0.29, 0.717) is 17.8 Å². The third-order valence-electron chi connectivity index (χ3n) is 4.47. The predicted molar refractivity (Wildman–Crippen MR) is 98.9 cm³/mol. The van der Waals surface area contributed by atoms with Crippen LogP contribution in [0.2, 0.25) is 0 Å². The number of benzene rings is 1. The average Bonchev–Trinajstić information content (AvgIpc) is 2.61. The highest BCUT2D eigenvalue weighted by Gasteiger charge is 2.15. The van der Waals surface area contributed by atoms with E-state index in [1.165, 1.54) is 33.0 Å². The number of ether oxygens (including phenoxy) is 1. The van der Waals surface area contributed by atoms with E-state index < -0.39 is 5.97 Å². The molecule has 1 atom stereocenters. The number of urea groups is 1. The number of hydrogen-bond acceptors (Lipinski definition) is 4. The minimum absolute atomic E-state index is 0.256. The van der Waals surface area contributed by atoms with Gasteiger partial charge in [0.2, 0.25) is 0 Å². The van der Waals surface area contributed by atoms with Crippen molar-refractivity contribution in [3.8, 4) is 0 Å². The lowest BCUT2D eigenvalue weighted by atomic mass is 10.0. The minimum atomic E-state index is -0.420. The third kappa shape index (κ3) is 6.74. The third-order valence-corrected chi connectivity index (χ3v) is 4.47. The zero-order valence-electron chi connectivity index (χ0n) is 15.2. The summed E-state index contributed by atoms with van der Waals surface area (Å²) in [6.07, 6.45) is 4.69. The molecule has 1 aliphatic rings. The highest BCUT2D eigenvalue weighted by Crippen LogP contribution is 2.15. The summed E-state index contributed by atoms with van der Waals surface area (Å²) < 4.78 is 4.67. The topological polar surface area (TPSA) is 70.7 Å². The molecule has 0 aromatic heterocycles. The van der Waals surface area contributed by atoms with Crippen LogP contribution in [-0.4, -0.2) is 50.2 Å². The van der Waals surface area contributed by atoms with Crippen molar-refractivity contribution in [2.24, 2.45) is 5.92 Å². The molecule has 0 aliphatic carbocycles. The maximum atomic E-state index is 11.9. The summed E-state index contributed by atoms with van der Waals surface area (Å²) in [6.45, 7) is 6.47. The van der Waals surface area contributed by atoms with Crippen LogP contribution in [0.15, 0.2) is 24.3 Å². The SMILES string of the molecule is COC(=O)c1cccc(NC(=O)NCCCCN2CCC[C@H](C)C2)c1. The quantitative estimate of drug-likeness (QED) is 0.587. The molecular weight excluding hydrogens is 318 g/mol. The molecule has 138 valence electrons. The Bertz CT molecular complexity index is 577. The number of likely N-dealkylation sites (tertiary alicyclic amines) is 1. The van der Waals surface area contributed by atoms with Crippen LogP contribution in [0.25, 0.3) is 0 Å². The van der Waals surface area contributed by atoms with Crippen molar-refractivity contribution in [3.63, 3.8) is 0 Å². The lowest BCUT2D eigenvalue weighted by Gasteiger charge is -2.30. The van der Waals surface area contributed by atoms with Gasteiger partial charge in [0.05, 0.1) is 12.7 Å². The zero-order valence-corrected chi connectivity index (χ0v) is 15.2. The van der Waals surface area contributed by atoms with Gasteiger partial charge in [-0.3, -0.25) is 0 Å². The number of esters is 1. The van der Waals surface area contributed by atoms with E-state index in [-0.39, 0.29) is 6.03 Å². The van der Waals surface area contributed by atoms with Gasteiger partial charge in [-0.1, -0.05) is 13.0 Å². The van der Waals surface area contributed by atoms with Crippen LogP contribution >= 0.6 is 0 Å². The molecule has 1 aromatic rings. The molecule has 2 amide bonds. The highest BCUT2D eigenvalue weighted by molar-refractivity contribution is 5.93. The van der Waals surface area contributed by atoms with Crippen molar-refractivity contribution in [1.82, 2.24) is 10.2 Å². The molecule has 0 unspecified atom stereocenters. The summed E-state index contributed by atoms with van der Waals surface area (Å²) in [6, 6.07) is 6.44. The summed E-state index contributed by atoms with van der Waals surface area (Å²) in [7, 11) is 1.33. The molecule has 1 saturated heterocycles. The molecule has 0 bridgehead atoms. The summed E-state index contributed by atoms with van der Waals surface area (Å²) >= 11 is 0. The van der Waals surface area contributed by atoms with Crippen molar-refractivity contribution < 1.29 is 14.3 Å². The molecular formula is C19H29N3O3. The Morgan fingerprint density at radius 2 is 2.16 bits per heavy atom. The van der Waals surface area contributed by atoms with Gasteiger partial charge in [-0.25, -0.2) is 9.59 Å². The summed E-state index contributed by atoms with van der Waals surface area (Å²) in [4.78, 5) is 25.9. The number of hydrogen-bond donors (Lipinski definition) is 2. The second-order valence-electron chi connectivity index (χ2n) is 6.71. The van der Waals surface area contributed by atoms with Crippen LogP contribution in [0.4, 0.5) is 10.5 Å². The number of methoxy groups -OCH3 is 1. The Morgan fingerprint density at radius 3 is 2.92 bits per heavy atom. The number of carbonyl (C=O) groups excluding carboxylic acids is 2. The van der Waals surface area contributed by atoms with E-state index in [9.17, 15) is 9.59 Å². The van der Waals surface area contributed by atoms with Gasteiger partial charge in [0.1, 0.15) is 0 Å². The van der Waals surface area contributed by atoms with Gasteiger partial charge < -0.3 is 20.3 Å². The van der Waals surface area contributed by atoms with Gasteiger partial charge in [0, 0.05) is 18.8 Å². The van der Waals surface area contributed by atoms with Crippen molar-refractivity contribution >= 4 is 17.7 Å². The Hall–Kier alpha value is -2.08. The molecule has 25 heavy (non-hydrogen) atoms. The van der Waals surface area contributed by atoms with Crippen LogP contribution in [0.5, 0.6) is 0 Å². The number of anilines is 1. The lowest BCUT2D eigenvalue weighted by molar-refractivity contribution is 0.0600. The number of nitrogens with one attached hydrogen (secondary N) is 2. The van der Waals surface area contributed by atoms with E-state index in [1.54, 1.807) is 24.3 Å². The summed E-state index contributed by atoms with van der Waals surface area (Å²) in [5.41, 5.74) is 0.985. The number of unbranched alkanes of at least 4 members (excludes halogenated alkanes) is 1. The normalized spacial score (nSPS) is 17.8. The van der Waals surface area contributed by atoms with Crippen LogP contribution in [0.1, 0.15) is 43.0 Å². The van der Waals surface area contributed by atoms with E-state index in [2.05, 4.69) is 27.2 Å². The fraction of sp³-hybridized carbons (Fsp3) is 0.579. The van der Waals surface area contributed by atoms with Gasteiger partial charge in [-0.2, -0.15) is 0 Å². The monoisotopic (exact) mass is 347 g/mol. The Morgan fingerprint density at radius 1 is 1.32 bits per heavy atom. The largest absolute Gasteiger partial charge is 0.465 e. The van der Waals surface area contributed by atoms with Gasteiger partial charge in [-0.15, -0.1) is 0 Å². The van der Waals surface area contributed by atoms with Gasteiger partial charge >= 0.3 is 12.0 Å². The fourth-order valence-electron chi connectivity index (χ4n) is 3.17. The second-order valence-corrected chi connectivity index (χ2v) is 6.71. The molecule has 0 radical (unpaired) electrons. The molecule has 6 heteroatoms. The molecule has 0 spiro atoms. The first-order valence-electron chi connectivity index (χ1n) is 9.04. The van der Waals surface area contributed by atoms with E-state index in [0.717, 1.165) is 25.3 Å². The Labute approximate surface area is 149 Å². The fourth-order valence-corrected chi connectivity index (χ4v) is 3.17. The molecule has 2 rings (SSSR count). The predicted octanol–water partition coefficient (Wildman–Crippen LogP) is 3.11. The van der Waals surface area contributed by atoms with Gasteiger partial charge in [0.25, 0.3) is 0 Å². The van der Waals surface area contributed by atoms with E-state index >= 15 is 0 Å². The molecule has 1 aromatic carbocycles. The zero-order chi connectivity index (χ0) is 18.1. The average molecular weight is 347 g/mol.